The molecule has 5 nitrogen and oxygen atoms in total. The second-order valence-electron chi connectivity index (χ2n) is 8.41. The Hall–Kier alpha value is -3.93. The van der Waals surface area contributed by atoms with E-state index >= 15 is 0 Å². The van der Waals surface area contributed by atoms with Crippen LogP contribution in [-0.4, -0.2) is 26.5 Å². The van der Waals surface area contributed by atoms with Crippen LogP contribution in [0.2, 0.25) is 0 Å². The van der Waals surface area contributed by atoms with Crippen LogP contribution in [0.15, 0.2) is 73.2 Å². The molecule has 1 atom stereocenters. The van der Waals surface area contributed by atoms with Crippen molar-refractivity contribution >= 4 is 18.0 Å². The van der Waals surface area contributed by atoms with Gasteiger partial charge in [0.05, 0.1) is 5.35 Å². The van der Waals surface area contributed by atoms with E-state index in [1.807, 2.05) is 42.5 Å². The fourth-order valence-electron chi connectivity index (χ4n) is 4.12. The molecule has 33 heavy (non-hydrogen) atoms. The van der Waals surface area contributed by atoms with Crippen molar-refractivity contribution in [2.24, 2.45) is 0 Å². The highest BCUT2D eigenvalue weighted by Crippen LogP contribution is 2.31. The fraction of sp³-hybridized carbons (Fsp3) is 0.185. The van der Waals surface area contributed by atoms with Crippen LogP contribution in [0.4, 0.5) is 10.2 Å². The van der Waals surface area contributed by atoms with Gasteiger partial charge in [0, 0.05) is 53.4 Å². The zero-order valence-corrected chi connectivity index (χ0v) is 18.4. The molecule has 4 aromatic rings. The molecule has 1 unspecified atom stereocenters. The lowest BCUT2D eigenvalue weighted by atomic mass is 9.77. The molecule has 0 amide bonds. The van der Waals surface area contributed by atoms with E-state index in [0.29, 0.717) is 12.4 Å². The van der Waals surface area contributed by atoms with Gasteiger partial charge < -0.3 is 5.32 Å². The van der Waals surface area contributed by atoms with Crippen molar-refractivity contribution < 1.29 is 4.39 Å². The summed E-state index contributed by atoms with van der Waals surface area (Å²) >= 11 is 0. The number of aromatic nitrogens is 4. The quantitative estimate of drug-likeness (QED) is 0.499. The van der Waals surface area contributed by atoms with Crippen LogP contribution in [0.25, 0.3) is 23.5 Å². The summed E-state index contributed by atoms with van der Waals surface area (Å²) < 4.78 is 13.5. The first-order chi connectivity index (χ1) is 16.1. The Morgan fingerprint density at radius 1 is 1.00 bits per heavy atom. The highest BCUT2D eigenvalue weighted by Gasteiger charge is 2.26. The maximum atomic E-state index is 13.5. The van der Waals surface area contributed by atoms with Crippen LogP contribution in [0.5, 0.6) is 0 Å². The zero-order chi connectivity index (χ0) is 22.7. The van der Waals surface area contributed by atoms with Gasteiger partial charge in [0.25, 0.3) is 0 Å². The van der Waals surface area contributed by atoms with E-state index in [4.69, 9.17) is 9.97 Å². The maximum absolute atomic E-state index is 13.5. The monoisotopic (exact) mass is 437 g/mol. The van der Waals surface area contributed by atoms with Gasteiger partial charge in [0.15, 0.2) is 5.82 Å². The molecule has 5 rings (SSSR count). The first-order valence-electron chi connectivity index (χ1n) is 11.0. The van der Waals surface area contributed by atoms with E-state index in [1.165, 1.54) is 12.1 Å². The lowest BCUT2D eigenvalue weighted by Gasteiger charge is -2.28. The Morgan fingerprint density at radius 3 is 2.64 bits per heavy atom. The predicted octanol–water partition coefficient (Wildman–Crippen LogP) is 3.65. The molecule has 3 heterocycles. The van der Waals surface area contributed by atoms with Gasteiger partial charge >= 0.3 is 0 Å². The molecule has 0 radical (unpaired) electrons. The summed E-state index contributed by atoms with van der Waals surface area (Å²) in [6.45, 7) is 2.85. The summed E-state index contributed by atoms with van der Waals surface area (Å²) in [5.74, 6) is 1.18. The molecule has 0 aliphatic heterocycles. The lowest BCUT2D eigenvalue weighted by molar-refractivity contribution is 0.617. The number of hydrogen-bond donors (Lipinski definition) is 1. The van der Waals surface area contributed by atoms with Crippen molar-refractivity contribution in [1.82, 2.24) is 19.9 Å². The van der Waals surface area contributed by atoms with Gasteiger partial charge in [-0.25, -0.2) is 14.4 Å². The predicted molar refractivity (Wildman–Crippen MR) is 128 cm³/mol. The van der Waals surface area contributed by atoms with E-state index in [1.54, 1.807) is 18.6 Å². The van der Waals surface area contributed by atoms with Gasteiger partial charge in [0.2, 0.25) is 0 Å². The Kier molecular flexibility index (Phi) is 5.65. The molecule has 0 spiro atoms. The number of nitrogens with one attached hydrogen (secondary N) is 1. The van der Waals surface area contributed by atoms with Crippen LogP contribution in [-0.2, 0) is 11.8 Å². The summed E-state index contributed by atoms with van der Waals surface area (Å²) in [5, 5.41) is 5.36. The Balaban J connectivity index is 1.56. The van der Waals surface area contributed by atoms with Crippen molar-refractivity contribution in [3.05, 3.63) is 101 Å². The molecule has 1 aliphatic carbocycles. The minimum Gasteiger partial charge on any atom is -0.369 e. The summed E-state index contributed by atoms with van der Waals surface area (Å²) in [4.78, 5) is 18.3. The van der Waals surface area contributed by atoms with Crippen LogP contribution in [0.1, 0.15) is 24.6 Å². The van der Waals surface area contributed by atoms with E-state index in [-0.39, 0.29) is 11.2 Å². The van der Waals surface area contributed by atoms with Gasteiger partial charge in [-0.2, -0.15) is 0 Å². The first kappa shape index (κ1) is 20.9. The highest BCUT2D eigenvalue weighted by molar-refractivity contribution is 5.62. The van der Waals surface area contributed by atoms with E-state index in [0.717, 1.165) is 46.0 Å². The summed E-state index contributed by atoms with van der Waals surface area (Å²) in [5.41, 5.74) is 2.67. The lowest BCUT2D eigenvalue weighted by Crippen LogP contribution is -2.40. The van der Waals surface area contributed by atoms with Gasteiger partial charge in [0.1, 0.15) is 11.6 Å². The zero-order valence-electron chi connectivity index (χ0n) is 18.4. The van der Waals surface area contributed by atoms with Gasteiger partial charge in [-0.1, -0.05) is 37.3 Å². The molecule has 1 N–H and O–H groups in total. The van der Waals surface area contributed by atoms with E-state index < -0.39 is 0 Å². The number of anilines is 1. The number of rotatable bonds is 6. The SMILES string of the molecule is CC1(c2ccc(F)cc2)C=c2c(NCCc3ccccn3)nc(-c3cccnc3)nc2=CC1. The topological polar surface area (TPSA) is 63.6 Å². The minimum absolute atomic E-state index is 0.233. The average Bonchev–Trinajstić information content (AvgIpc) is 2.86. The van der Waals surface area contributed by atoms with Crippen LogP contribution in [0, 0.1) is 5.82 Å². The molecule has 164 valence electrons. The summed E-state index contributed by atoms with van der Waals surface area (Å²) in [7, 11) is 0. The number of benzene rings is 1. The smallest absolute Gasteiger partial charge is 0.163 e. The van der Waals surface area contributed by atoms with Crippen LogP contribution < -0.4 is 15.9 Å². The minimum atomic E-state index is -0.280. The molecule has 0 fully saturated rings. The van der Waals surface area contributed by atoms with Crippen molar-refractivity contribution in [2.75, 3.05) is 11.9 Å². The van der Waals surface area contributed by atoms with Crippen LogP contribution in [0.3, 0.4) is 0 Å². The fourth-order valence-corrected chi connectivity index (χ4v) is 4.12. The summed E-state index contributed by atoms with van der Waals surface area (Å²) in [6, 6.07) is 16.5. The number of fused-ring (bicyclic) bond motifs is 1. The molecular weight excluding hydrogens is 413 g/mol. The number of pyridine rings is 2. The third-order valence-corrected chi connectivity index (χ3v) is 5.98. The number of nitrogens with zero attached hydrogens (tertiary/aromatic N) is 4. The van der Waals surface area contributed by atoms with Crippen LogP contribution >= 0.6 is 0 Å². The Morgan fingerprint density at radius 2 is 1.88 bits per heavy atom. The molecular formula is C27H24FN5. The number of halogens is 1. The van der Waals surface area contributed by atoms with Crippen molar-refractivity contribution in [2.45, 2.75) is 25.2 Å². The molecule has 1 aliphatic rings. The largest absolute Gasteiger partial charge is 0.369 e. The average molecular weight is 438 g/mol. The van der Waals surface area contributed by atoms with E-state index in [9.17, 15) is 4.39 Å². The third kappa shape index (κ3) is 4.51. The van der Waals surface area contributed by atoms with E-state index in [2.05, 4.69) is 34.4 Å². The molecule has 3 aromatic heterocycles. The summed E-state index contributed by atoms with van der Waals surface area (Å²) in [6.07, 6.45) is 11.2. The molecule has 0 saturated heterocycles. The molecule has 1 aromatic carbocycles. The van der Waals surface area contributed by atoms with Gasteiger partial charge in [-0.3, -0.25) is 9.97 Å². The highest BCUT2D eigenvalue weighted by atomic mass is 19.1. The molecule has 0 bridgehead atoms. The molecule has 0 saturated carbocycles. The van der Waals surface area contributed by atoms with Gasteiger partial charge in [-0.15, -0.1) is 0 Å². The normalized spacial score (nSPS) is 16.9. The Bertz CT molecular complexity index is 1370. The standard InChI is InChI=1S/C27H24FN5/c1-27(20-7-9-21(28)10-8-20)13-11-24-23(17-27)26(31-16-12-22-6-2-3-15-30-22)33-25(32-24)19-5-4-14-29-18-19/h2-11,14-15,17-18H,12-13,16H2,1H3,(H,31,32,33). The second-order valence-corrected chi connectivity index (χ2v) is 8.41. The Labute approximate surface area is 191 Å². The van der Waals surface area contributed by atoms with Crippen molar-refractivity contribution in [1.29, 1.82) is 0 Å². The van der Waals surface area contributed by atoms with Crippen molar-refractivity contribution in [3.63, 3.8) is 0 Å². The van der Waals surface area contributed by atoms with Crippen molar-refractivity contribution in [3.8, 4) is 11.4 Å². The first-order valence-corrected chi connectivity index (χ1v) is 11.0. The van der Waals surface area contributed by atoms with Gasteiger partial charge in [-0.05, 0) is 48.4 Å². The maximum Gasteiger partial charge on any atom is 0.163 e. The second kappa shape index (κ2) is 8.90. The molecule has 6 heteroatoms. The number of hydrogen-bond acceptors (Lipinski definition) is 5. The third-order valence-electron chi connectivity index (χ3n) is 5.98.